The van der Waals surface area contributed by atoms with E-state index in [9.17, 15) is 4.79 Å². The SMILES string of the molecule is CC(C)(C)CC(=O)N(CCc1ccccc1)Cc1ccccc1. The first-order chi connectivity index (χ1) is 10.9. The summed E-state index contributed by atoms with van der Waals surface area (Å²) >= 11 is 0. The fourth-order valence-electron chi connectivity index (χ4n) is 2.57. The van der Waals surface area contributed by atoms with Crippen LogP contribution in [0.5, 0.6) is 0 Å². The quantitative estimate of drug-likeness (QED) is 0.758. The van der Waals surface area contributed by atoms with Gasteiger partial charge in [0.1, 0.15) is 0 Å². The molecule has 0 N–H and O–H groups in total. The summed E-state index contributed by atoms with van der Waals surface area (Å²) in [6, 6.07) is 20.6. The van der Waals surface area contributed by atoms with Crippen LogP contribution in [-0.2, 0) is 17.8 Å². The lowest BCUT2D eigenvalue weighted by Gasteiger charge is -2.27. The summed E-state index contributed by atoms with van der Waals surface area (Å²) in [5, 5.41) is 0. The minimum atomic E-state index is 0.0127. The summed E-state index contributed by atoms with van der Waals surface area (Å²) < 4.78 is 0. The third kappa shape index (κ3) is 6.27. The van der Waals surface area contributed by atoms with Crippen LogP contribution >= 0.6 is 0 Å². The second kappa shape index (κ2) is 7.96. The minimum Gasteiger partial charge on any atom is -0.338 e. The molecule has 0 saturated carbocycles. The Balaban J connectivity index is 2.05. The van der Waals surface area contributed by atoms with E-state index in [0.717, 1.165) is 13.0 Å². The van der Waals surface area contributed by atoms with Crippen LogP contribution in [-0.4, -0.2) is 17.4 Å². The molecule has 0 aromatic heterocycles. The second-order valence-corrected chi connectivity index (χ2v) is 7.27. The highest BCUT2D eigenvalue weighted by atomic mass is 16.2. The first-order valence-corrected chi connectivity index (χ1v) is 8.30. The smallest absolute Gasteiger partial charge is 0.223 e. The van der Waals surface area contributed by atoms with Crippen molar-refractivity contribution in [1.29, 1.82) is 0 Å². The molecule has 2 heteroatoms. The van der Waals surface area contributed by atoms with Crippen LogP contribution in [0, 0.1) is 5.41 Å². The highest BCUT2D eigenvalue weighted by molar-refractivity contribution is 5.76. The number of amides is 1. The van der Waals surface area contributed by atoms with Gasteiger partial charge in [-0.1, -0.05) is 81.4 Å². The Kier molecular flexibility index (Phi) is 5.97. The lowest BCUT2D eigenvalue weighted by Crippen LogP contribution is -2.34. The van der Waals surface area contributed by atoms with Crippen molar-refractivity contribution < 1.29 is 4.79 Å². The van der Waals surface area contributed by atoms with E-state index in [2.05, 4.69) is 45.0 Å². The average Bonchev–Trinajstić information content (AvgIpc) is 2.51. The Morgan fingerprint density at radius 3 is 1.91 bits per heavy atom. The molecule has 0 saturated heterocycles. The van der Waals surface area contributed by atoms with Crippen molar-refractivity contribution in [3.8, 4) is 0 Å². The molecule has 0 aliphatic carbocycles. The molecule has 0 aliphatic heterocycles. The van der Waals surface area contributed by atoms with Crippen LogP contribution in [0.25, 0.3) is 0 Å². The fourth-order valence-corrected chi connectivity index (χ4v) is 2.57. The molecule has 0 radical (unpaired) electrons. The van der Waals surface area contributed by atoms with Gasteiger partial charge in [-0.2, -0.15) is 0 Å². The molecular weight excluding hydrogens is 282 g/mol. The standard InChI is InChI=1S/C21H27NO/c1-21(2,3)16-20(23)22(17-19-12-8-5-9-13-19)15-14-18-10-6-4-7-11-18/h4-13H,14-17H2,1-3H3. The van der Waals surface area contributed by atoms with Crippen molar-refractivity contribution in [2.75, 3.05) is 6.54 Å². The van der Waals surface area contributed by atoms with Crippen LogP contribution in [0.1, 0.15) is 38.3 Å². The Bertz CT molecular complexity index is 599. The van der Waals surface area contributed by atoms with Crippen LogP contribution in [0.3, 0.4) is 0 Å². The van der Waals surface area contributed by atoms with E-state index in [1.54, 1.807) is 0 Å². The van der Waals surface area contributed by atoms with Gasteiger partial charge in [0, 0.05) is 19.5 Å². The predicted octanol–water partition coefficient (Wildman–Crippen LogP) is 4.69. The van der Waals surface area contributed by atoms with E-state index in [4.69, 9.17) is 0 Å². The van der Waals surface area contributed by atoms with E-state index in [1.807, 2.05) is 41.3 Å². The van der Waals surface area contributed by atoms with Crippen molar-refractivity contribution in [2.24, 2.45) is 5.41 Å². The van der Waals surface area contributed by atoms with Gasteiger partial charge in [0.2, 0.25) is 5.91 Å². The maximum atomic E-state index is 12.7. The van der Waals surface area contributed by atoms with E-state index in [-0.39, 0.29) is 11.3 Å². The monoisotopic (exact) mass is 309 g/mol. The molecule has 0 unspecified atom stereocenters. The van der Waals surface area contributed by atoms with Crippen LogP contribution < -0.4 is 0 Å². The highest BCUT2D eigenvalue weighted by Crippen LogP contribution is 2.21. The fraction of sp³-hybridized carbons (Fsp3) is 0.381. The van der Waals surface area contributed by atoms with E-state index >= 15 is 0 Å². The zero-order valence-electron chi connectivity index (χ0n) is 14.5. The van der Waals surface area contributed by atoms with Gasteiger partial charge in [-0.25, -0.2) is 0 Å². The van der Waals surface area contributed by atoms with Crippen LogP contribution in [0.2, 0.25) is 0 Å². The van der Waals surface area contributed by atoms with Crippen molar-refractivity contribution >= 4 is 5.91 Å². The Morgan fingerprint density at radius 2 is 1.39 bits per heavy atom. The molecule has 0 aliphatic rings. The molecular formula is C21H27NO. The van der Waals surface area contributed by atoms with Gasteiger partial charge in [-0.05, 0) is 23.0 Å². The number of hydrogen-bond donors (Lipinski definition) is 0. The van der Waals surface area contributed by atoms with Gasteiger partial charge in [0.25, 0.3) is 0 Å². The van der Waals surface area contributed by atoms with Crippen molar-refractivity contribution in [3.05, 3.63) is 71.8 Å². The number of hydrogen-bond acceptors (Lipinski definition) is 1. The molecule has 23 heavy (non-hydrogen) atoms. The lowest BCUT2D eigenvalue weighted by molar-refractivity contribution is -0.133. The molecule has 0 heterocycles. The summed E-state index contributed by atoms with van der Waals surface area (Å²) in [4.78, 5) is 14.7. The molecule has 0 spiro atoms. The van der Waals surface area contributed by atoms with E-state index in [0.29, 0.717) is 13.0 Å². The molecule has 2 aromatic carbocycles. The predicted molar refractivity (Wildman–Crippen MR) is 96.1 cm³/mol. The largest absolute Gasteiger partial charge is 0.338 e. The molecule has 0 atom stereocenters. The summed E-state index contributed by atoms with van der Waals surface area (Å²) in [7, 11) is 0. The zero-order valence-corrected chi connectivity index (χ0v) is 14.5. The summed E-state index contributed by atoms with van der Waals surface area (Å²) in [6.45, 7) is 7.78. The normalized spacial score (nSPS) is 11.3. The Morgan fingerprint density at radius 1 is 0.870 bits per heavy atom. The maximum absolute atomic E-state index is 12.7. The number of carbonyl (C=O) groups is 1. The number of rotatable bonds is 6. The zero-order chi connectivity index (χ0) is 16.7. The molecule has 122 valence electrons. The first-order valence-electron chi connectivity index (χ1n) is 8.30. The van der Waals surface area contributed by atoms with Crippen molar-refractivity contribution in [2.45, 2.75) is 40.2 Å². The van der Waals surface area contributed by atoms with Crippen molar-refractivity contribution in [1.82, 2.24) is 4.90 Å². The molecule has 2 aromatic rings. The number of nitrogens with zero attached hydrogens (tertiary/aromatic N) is 1. The van der Waals surface area contributed by atoms with Gasteiger partial charge in [-0.15, -0.1) is 0 Å². The number of benzene rings is 2. The number of carbonyl (C=O) groups excluding carboxylic acids is 1. The molecule has 1 amide bonds. The molecule has 2 nitrogen and oxygen atoms in total. The topological polar surface area (TPSA) is 20.3 Å². The van der Waals surface area contributed by atoms with Gasteiger partial charge < -0.3 is 4.90 Å². The van der Waals surface area contributed by atoms with Gasteiger partial charge in [0.15, 0.2) is 0 Å². The molecule has 2 rings (SSSR count). The Hall–Kier alpha value is -2.09. The minimum absolute atomic E-state index is 0.0127. The van der Waals surface area contributed by atoms with Gasteiger partial charge >= 0.3 is 0 Å². The third-order valence-electron chi connectivity index (χ3n) is 3.76. The third-order valence-corrected chi connectivity index (χ3v) is 3.76. The molecule has 0 bridgehead atoms. The first kappa shape index (κ1) is 17.3. The lowest BCUT2D eigenvalue weighted by atomic mass is 9.91. The van der Waals surface area contributed by atoms with E-state index in [1.165, 1.54) is 11.1 Å². The average molecular weight is 309 g/mol. The highest BCUT2D eigenvalue weighted by Gasteiger charge is 2.21. The van der Waals surface area contributed by atoms with Crippen LogP contribution in [0.4, 0.5) is 0 Å². The second-order valence-electron chi connectivity index (χ2n) is 7.27. The van der Waals surface area contributed by atoms with Gasteiger partial charge in [0.05, 0.1) is 0 Å². The van der Waals surface area contributed by atoms with Crippen molar-refractivity contribution in [3.63, 3.8) is 0 Å². The summed E-state index contributed by atoms with van der Waals surface area (Å²) in [5.41, 5.74) is 2.47. The molecule has 0 fully saturated rings. The van der Waals surface area contributed by atoms with E-state index < -0.39 is 0 Å². The Labute approximate surface area is 140 Å². The summed E-state index contributed by atoms with van der Waals surface area (Å²) in [5.74, 6) is 0.234. The summed E-state index contributed by atoms with van der Waals surface area (Å²) in [6.07, 6.45) is 1.47. The maximum Gasteiger partial charge on any atom is 0.223 e. The van der Waals surface area contributed by atoms with Gasteiger partial charge in [-0.3, -0.25) is 4.79 Å². The van der Waals surface area contributed by atoms with Crippen LogP contribution in [0.15, 0.2) is 60.7 Å².